The molecule has 0 saturated carbocycles. The topological polar surface area (TPSA) is 46.5 Å². The van der Waals surface area contributed by atoms with E-state index >= 15 is 0 Å². The normalized spacial score (nSPS) is 10.3. The highest BCUT2D eigenvalue weighted by Crippen LogP contribution is 2.35. The number of carbonyl (C=O) groups is 1. The molecule has 2 aromatic rings. The number of hydrogen-bond acceptors (Lipinski definition) is 3. The van der Waals surface area contributed by atoms with Crippen LogP contribution in [0.5, 0.6) is 11.5 Å². The molecule has 0 aliphatic heterocycles. The Morgan fingerprint density at radius 2 is 1.90 bits per heavy atom. The first kappa shape index (κ1) is 14.7. The van der Waals surface area contributed by atoms with E-state index in [9.17, 15) is 9.90 Å². The number of phenolic OH excluding ortho intramolecular Hbond substituents is 1. The Hall–Kier alpha value is -1.71. The van der Waals surface area contributed by atoms with Gasteiger partial charge in [0.05, 0.1) is 11.4 Å². The van der Waals surface area contributed by atoms with E-state index in [1.807, 2.05) is 6.07 Å². The lowest BCUT2D eigenvalue weighted by atomic mass is 10.1. The monoisotopic (exact) mass is 310 g/mol. The lowest BCUT2D eigenvalue weighted by molar-refractivity contribution is -0.133. The highest BCUT2D eigenvalue weighted by Gasteiger charge is 2.16. The van der Waals surface area contributed by atoms with Crippen LogP contribution in [0.15, 0.2) is 36.4 Å². The third kappa shape index (κ3) is 3.24. The van der Waals surface area contributed by atoms with Gasteiger partial charge in [-0.05, 0) is 30.7 Å². The van der Waals surface area contributed by atoms with E-state index in [0.29, 0.717) is 21.9 Å². The summed E-state index contributed by atoms with van der Waals surface area (Å²) in [5.41, 5.74) is 0.914. The highest BCUT2D eigenvalue weighted by molar-refractivity contribution is 6.37. The minimum atomic E-state index is -0.498. The molecule has 0 unspecified atom stereocenters. The summed E-state index contributed by atoms with van der Waals surface area (Å²) in [7, 11) is 0. The molecule has 0 aliphatic carbocycles. The van der Waals surface area contributed by atoms with Crippen LogP contribution >= 0.6 is 23.2 Å². The summed E-state index contributed by atoms with van der Waals surface area (Å²) in [6, 6.07) is 10.2. The molecule has 0 spiro atoms. The summed E-state index contributed by atoms with van der Waals surface area (Å²) >= 11 is 11.9. The van der Waals surface area contributed by atoms with Crippen LogP contribution in [0.25, 0.3) is 0 Å². The molecular formula is C15H12Cl2O3. The maximum atomic E-state index is 11.8. The van der Waals surface area contributed by atoms with Crippen molar-refractivity contribution in [2.24, 2.45) is 0 Å². The van der Waals surface area contributed by atoms with Gasteiger partial charge in [0.25, 0.3) is 0 Å². The van der Waals surface area contributed by atoms with Gasteiger partial charge in [-0.15, -0.1) is 0 Å². The molecule has 0 saturated heterocycles. The van der Waals surface area contributed by atoms with Crippen molar-refractivity contribution in [3.05, 3.63) is 57.6 Å². The number of benzene rings is 2. The van der Waals surface area contributed by atoms with Gasteiger partial charge >= 0.3 is 5.97 Å². The van der Waals surface area contributed by atoms with Crippen molar-refractivity contribution in [1.29, 1.82) is 0 Å². The smallest absolute Gasteiger partial charge is 0.315 e. The van der Waals surface area contributed by atoms with Gasteiger partial charge in [0.2, 0.25) is 0 Å². The number of rotatable bonds is 3. The number of phenols is 1. The third-order valence-electron chi connectivity index (χ3n) is 2.81. The predicted octanol–water partition coefficient (Wildman–Crippen LogP) is 4.16. The van der Waals surface area contributed by atoms with Crippen molar-refractivity contribution in [2.45, 2.75) is 13.3 Å². The lowest BCUT2D eigenvalue weighted by Gasteiger charge is -2.10. The number of hydrogen-bond donors (Lipinski definition) is 1. The molecule has 20 heavy (non-hydrogen) atoms. The van der Waals surface area contributed by atoms with Gasteiger partial charge in [-0.25, -0.2) is 0 Å². The molecule has 2 aromatic carbocycles. The predicted molar refractivity (Wildman–Crippen MR) is 78.6 cm³/mol. The molecule has 0 atom stereocenters. The number of carbonyl (C=O) groups excluding carboxylic acids is 1. The Bertz CT molecular complexity index is 639. The minimum Gasteiger partial charge on any atom is -0.506 e. The molecule has 0 amide bonds. The molecule has 3 nitrogen and oxygen atoms in total. The second-order valence-electron chi connectivity index (χ2n) is 4.27. The quantitative estimate of drug-likeness (QED) is 0.684. The number of ether oxygens (including phenoxy) is 1. The summed E-state index contributed by atoms with van der Waals surface area (Å²) in [6.07, 6.45) is -0.111. The molecule has 0 bridgehead atoms. The van der Waals surface area contributed by atoms with Crippen molar-refractivity contribution in [3.63, 3.8) is 0 Å². The molecule has 0 aromatic heterocycles. The zero-order valence-corrected chi connectivity index (χ0v) is 12.2. The summed E-state index contributed by atoms with van der Waals surface area (Å²) in [4.78, 5) is 11.8. The summed E-state index contributed by atoms with van der Waals surface area (Å²) < 4.78 is 5.15. The van der Waals surface area contributed by atoms with Crippen LogP contribution in [-0.2, 0) is 11.2 Å². The first-order valence-electron chi connectivity index (χ1n) is 5.91. The van der Waals surface area contributed by atoms with E-state index in [4.69, 9.17) is 27.9 Å². The minimum absolute atomic E-state index is 0.111. The van der Waals surface area contributed by atoms with Gasteiger partial charge in [0.1, 0.15) is 11.5 Å². The first-order valence-corrected chi connectivity index (χ1v) is 6.67. The van der Waals surface area contributed by atoms with Crippen LogP contribution < -0.4 is 4.74 Å². The number of halogens is 2. The SMILES string of the molecule is Cc1c(Cl)cc(CC(=O)Oc2ccccc2)c(O)c1Cl. The number of para-hydroxylation sites is 1. The third-order valence-corrected chi connectivity index (χ3v) is 3.67. The van der Waals surface area contributed by atoms with Crippen LogP contribution in [0.2, 0.25) is 10.0 Å². The molecule has 0 aliphatic rings. The van der Waals surface area contributed by atoms with E-state index in [1.54, 1.807) is 31.2 Å². The van der Waals surface area contributed by atoms with Crippen molar-refractivity contribution < 1.29 is 14.6 Å². The van der Waals surface area contributed by atoms with Gasteiger partial charge < -0.3 is 9.84 Å². The molecule has 104 valence electrons. The molecule has 0 heterocycles. The van der Waals surface area contributed by atoms with Crippen LogP contribution in [-0.4, -0.2) is 11.1 Å². The standard InChI is InChI=1S/C15H12Cl2O3/c1-9-12(16)7-10(15(19)14(9)17)8-13(18)20-11-5-3-2-4-6-11/h2-7,19H,8H2,1H3. The average Bonchev–Trinajstić information content (AvgIpc) is 2.43. The Morgan fingerprint density at radius 3 is 2.55 bits per heavy atom. The van der Waals surface area contributed by atoms with Crippen molar-refractivity contribution in [3.8, 4) is 11.5 Å². The largest absolute Gasteiger partial charge is 0.506 e. The van der Waals surface area contributed by atoms with Gasteiger partial charge in [0, 0.05) is 10.6 Å². The molecule has 5 heteroatoms. The second kappa shape index (κ2) is 6.16. The molecular weight excluding hydrogens is 299 g/mol. The van der Waals surface area contributed by atoms with Crippen LogP contribution in [0.1, 0.15) is 11.1 Å². The summed E-state index contributed by atoms with van der Waals surface area (Å²) in [5, 5.41) is 10.5. The van der Waals surface area contributed by atoms with Gasteiger partial charge in [-0.2, -0.15) is 0 Å². The number of aromatic hydroxyl groups is 1. The van der Waals surface area contributed by atoms with Crippen LogP contribution in [0.3, 0.4) is 0 Å². The maximum absolute atomic E-state index is 11.8. The second-order valence-corrected chi connectivity index (χ2v) is 5.05. The van der Waals surface area contributed by atoms with E-state index < -0.39 is 5.97 Å². The van der Waals surface area contributed by atoms with Gasteiger partial charge in [-0.3, -0.25) is 4.79 Å². The Morgan fingerprint density at radius 1 is 1.25 bits per heavy atom. The van der Waals surface area contributed by atoms with Crippen LogP contribution in [0.4, 0.5) is 0 Å². The fraction of sp³-hybridized carbons (Fsp3) is 0.133. The zero-order chi connectivity index (χ0) is 14.7. The molecule has 1 N–H and O–H groups in total. The van der Waals surface area contributed by atoms with Crippen LogP contribution in [0, 0.1) is 6.92 Å². The van der Waals surface area contributed by atoms with E-state index in [1.165, 1.54) is 6.07 Å². The van der Waals surface area contributed by atoms with Gasteiger partial charge in [-0.1, -0.05) is 41.4 Å². The van der Waals surface area contributed by atoms with Crippen molar-refractivity contribution in [2.75, 3.05) is 0 Å². The number of esters is 1. The Labute approximate surface area is 126 Å². The van der Waals surface area contributed by atoms with E-state index in [-0.39, 0.29) is 17.2 Å². The Kier molecular flexibility index (Phi) is 4.53. The Balaban J connectivity index is 2.16. The fourth-order valence-corrected chi connectivity index (χ4v) is 2.20. The summed E-state index contributed by atoms with van der Waals surface area (Å²) in [5.74, 6) is -0.192. The fourth-order valence-electron chi connectivity index (χ4n) is 1.70. The van der Waals surface area contributed by atoms with Gasteiger partial charge in [0.15, 0.2) is 0 Å². The first-order chi connectivity index (χ1) is 9.49. The van der Waals surface area contributed by atoms with E-state index in [0.717, 1.165) is 0 Å². The average molecular weight is 311 g/mol. The zero-order valence-electron chi connectivity index (χ0n) is 10.7. The maximum Gasteiger partial charge on any atom is 0.315 e. The van der Waals surface area contributed by atoms with E-state index in [2.05, 4.69) is 0 Å². The lowest BCUT2D eigenvalue weighted by Crippen LogP contribution is -2.11. The highest BCUT2D eigenvalue weighted by atomic mass is 35.5. The molecule has 0 radical (unpaired) electrons. The summed E-state index contributed by atoms with van der Waals surface area (Å²) in [6.45, 7) is 1.69. The molecule has 2 rings (SSSR count). The van der Waals surface area contributed by atoms with Crippen molar-refractivity contribution >= 4 is 29.2 Å². The van der Waals surface area contributed by atoms with Crippen molar-refractivity contribution in [1.82, 2.24) is 0 Å². The molecule has 0 fully saturated rings.